The fraction of sp³-hybridized carbons (Fsp3) is 0.625. The number of anilines is 2. The first kappa shape index (κ1) is 24.8. The van der Waals surface area contributed by atoms with Gasteiger partial charge in [-0.15, -0.1) is 4.90 Å². The SMILES string of the molecule is Cc1cc(NC(=N)N(C(=O)OC(C)(C)C)C(=O)OC(C)(C)C)ccc1N1C[C@@H]2C[C@H]1CN2C. The first-order valence-corrected chi connectivity index (χ1v) is 11.3. The molecule has 1 aromatic carbocycles. The van der Waals surface area contributed by atoms with Crippen molar-refractivity contribution in [1.29, 1.82) is 5.41 Å². The highest BCUT2D eigenvalue weighted by molar-refractivity contribution is 6.11. The molecule has 33 heavy (non-hydrogen) atoms. The van der Waals surface area contributed by atoms with Crippen molar-refractivity contribution >= 4 is 29.5 Å². The smallest absolute Gasteiger partial charge is 0.427 e. The Kier molecular flexibility index (Phi) is 6.66. The average molecular weight is 460 g/mol. The number of carbonyl (C=O) groups is 2. The molecule has 2 aliphatic rings. The molecule has 2 N–H and O–H groups in total. The standard InChI is InChI=1S/C24H37N5O4/c1-15-11-16(9-10-19(15)28-14-17-12-18(28)13-27(17)8)26-20(25)29(21(30)32-23(2,3)4)22(31)33-24(5,6)7/h9-11,17-18H,12-14H2,1-8H3,(H2,25,26)/t17-,18-/m0/s1. The molecule has 2 heterocycles. The minimum atomic E-state index is -0.972. The van der Waals surface area contributed by atoms with Crippen molar-refractivity contribution in [3.8, 4) is 0 Å². The second-order valence-electron chi connectivity index (χ2n) is 10.9. The third kappa shape index (κ3) is 5.96. The number of amides is 2. The molecule has 1 aromatic rings. The zero-order chi connectivity index (χ0) is 24.7. The molecule has 182 valence electrons. The molecular formula is C24H37N5O4. The van der Waals surface area contributed by atoms with Crippen molar-refractivity contribution in [1.82, 2.24) is 9.80 Å². The zero-order valence-corrected chi connectivity index (χ0v) is 21.0. The number of hydrogen-bond acceptors (Lipinski definition) is 7. The molecule has 2 amide bonds. The van der Waals surface area contributed by atoms with E-state index in [4.69, 9.17) is 14.9 Å². The third-order valence-electron chi connectivity index (χ3n) is 5.66. The molecule has 2 saturated heterocycles. The quantitative estimate of drug-likeness (QED) is 0.499. The highest BCUT2D eigenvalue weighted by Gasteiger charge is 2.42. The summed E-state index contributed by atoms with van der Waals surface area (Å²) >= 11 is 0. The number of carbonyl (C=O) groups excluding carboxylic acids is 2. The summed E-state index contributed by atoms with van der Waals surface area (Å²) in [4.78, 5) is 30.9. The first-order valence-electron chi connectivity index (χ1n) is 11.3. The Balaban J connectivity index is 1.76. The normalized spacial score (nSPS) is 20.5. The summed E-state index contributed by atoms with van der Waals surface area (Å²) in [5.74, 6) is -0.437. The Bertz CT molecular complexity index is 904. The number of benzene rings is 1. The lowest BCUT2D eigenvalue weighted by molar-refractivity contribution is 0.0146. The number of nitrogens with one attached hydrogen (secondary N) is 2. The Morgan fingerprint density at radius 1 is 1.03 bits per heavy atom. The number of aryl methyl sites for hydroxylation is 1. The van der Waals surface area contributed by atoms with Gasteiger partial charge in [0.15, 0.2) is 0 Å². The number of imide groups is 1. The molecule has 9 heteroatoms. The molecule has 2 bridgehead atoms. The molecule has 0 aliphatic carbocycles. The van der Waals surface area contributed by atoms with E-state index in [-0.39, 0.29) is 0 Å². The number of piperazine rings is 1. The van der Waals surface area contributed by atoms with Gasteiger partial charge in [-0.3, -0.25) is 10.3 Å². The summed E-state index contributed by atoms with van der Waals surface area (Å²) in [7, 11) is 2.18. The van der Waals surface area contributed by atoms with Crippen LogP contribution in [0.1, 0.15) is 53.5 Å². The number of rotatable bonds is 2. The number of likely N-dealkylation sites (N-methyl/N-ethyl adjacent to an activating group) is 1. The zero-order valence-electron chi connectivity index (χ0n) is 21.0. The van der Waals surface area contributed by atoms with E-state index in [1.54, 1.807) is 41.5 Å². The number of hydrogen-bond donors (Lipinski definition) is 2. The third-order valence-corrected chi connectivity index (χ3v) is 5.66. The molecule has 2 aliphatic heterocycles. The Hall–Kier alpha value is -2.81. The predicted molar refractivity (Wildman–Crippen MR) is 129 cm³/mol. The predicted octanol–water partition coefficient (Wildman–Crippen LogP) is 4.41. The van der Waals surface area contributed by atoms with E-state index < -0.39 is 29.3 Å². The van der Waals surface area contributed by atoms with E-state index in [0.717, 1.165) is 18.7 Å². The maximum absolute atomic E-state index is 12.7. The molecular weight excluding hydrogens is 422 g/mol. The fourth-order valence-corrected chi connectivity index (χ4v) is 4.28. The van der Waals surface area contributed by atoms with E-state index in [1.807, 2.05) is 25.1 Å². The van der Waals surface area contributed by atoms with Gasteiger partial charge in [-0.25, -0.2) is 9.59 Å². The second-order valence-corrected chi connectivity index (χ2v) is 10.9. The van der Waals surface area contributed by atoms with Crippen LogP contribution in [0.25, 0.3) is 0 Å². The topological polar surface area (TPSA) is 98.2 Å². The van der Waals surface area contributed by atoms with Gasteiger partial charge < -0.3 is 19.7 Å². The van der Waals surface area contributed by atoms with Crippen LogP contribution in [-0.2, 0) is 9.47 Å². The van der Waals surface area contributed by atoms with Gasteiger partial charge in [-0.2, -0.15) is 0 Å². The van der Waals surface area contributed by atoms with Crippen LogP contribution < -0.4 is 10.2 Å². The van der Waals surface area contributed by atoms with E-state index >= 15 is 0 Å². The van der Waals surface area contributed by atoms with Gasteiger partial charge in [0, 0.05) is 36.5 Å². The summed E-state index contributed by atoms with van der Waals surface area (Å²) in [6.07, 6.45) is -0.763. The summed E-state index contributed by atoms with van der Waals surface area (Å²) in [5.41, 5.74) is 1.16. The lowest BCUT2D eigenvalue weighted by atomic mass is 10.1. The van der Waals surface area contributed by atoms with Crippen molar-refractivity contribution in [2.24, 2.45) is 0 Å². The number of ether oxygens (including phenoxy) is 2. The van der Waals surface area contributed by atoms with Crippen LogP contribution in [0.3, 0.4) is 0 Å². The molecule has 0 saturated carbocycles. The highest BCUT2D eigenvalue weighted by atomic mass is 16.6. The van der Waals surface area contributed by atoms with Crippen LogP contribution in [0, 0.1) is 12.3 Å². The van der Waals surface area contributed by atoms with Gasteiger partial charge in [0.1, 0.15) is 11.2 Å². The lowest BCUT2D eigenvalue weighted by Crippen LogP contribution is -2.49. The second kappa shape index (κ2) is 8.85. The average Bonchev–Trinajstić information content (AvgIpc) is 3.18. The van der Waals surface area contributed by atoms with Crippen LogP contribution in [-0.4, -0.2) is 71.4 Å². The van der Waals surface area contributed by atoms with Gasteiger partial charge in [0.25, 0.3) is 0 Å². The fourth-order valence-electron chi connectivity index (χ4n) is 4.28. The molecule has 2 atom stereocenters. The number of likely N-dealkylation sites (tertiary alicyclic amines) is 1. The van der Waals surface area contributed by atoms with Gasteiger partial charge in [0.05, 0.1) is 0 Å². The molecule has 0 spiro atoms. The van der Waals surface area contributed by atoms with Gasteiger partial charge in [-0.05, 0) is 85.7 Å². The minimum Gasteiger partial charge on any atom is -0.443 e. The minimum absolute atomic E-state index is 0.437. The lowest BCUT2D eigenvalue weighted by Gasteiger charge is -2.34. The summed E-state index contributed by atoms with van der Waals surface area (Å²) in [5, 5.41) is 11.3. The van der Waals surface area contributed by atoms with E-state index in [1.165, 1.54) is 12.1 Å². The van der Waals surface area contributed by atoms with Crippen LogP contribution in [0.4, 0.5) is 21.0 Å². The number of fused-ring (bicyclic) bond motifs is 2. The Morgan fingerprint density at radius 2 is 1.61 bits per heavy atom. The van der Waals surface area contributed by atoms with Crippen LogP contribution in [0.15, 0.2) is 18.2 Å². The van der Waals surface area contributed by atoms with E-state index in [0.29, 0.717) is 22.7 Å². The molecule has 0 unspecified atom stereocenters. The summed E-state index contributed by atoms with van der Waals surface area (Å²) in [6.45, 7) is 14.3. The van der Waals surface area contributed by atoms with Gasteiger partial charge >= 0.3 is 12.2 Å². The Labute approximate surface area is 196 Å². The maximum atomic E-state index is 12.7. The van der Waals surface area contributed by atoms with Crippen molar-refractivity contribution in [3.05, 3.63) is 23.8 Å². The van der Waals surface area contributed by atoms with Crippen molar-refractivity contribution in [3.63, 3.8) is 0 Å². The monoisotopic (exact) mass is 459 g/mol. The summed E-state index contributed by atoms with van der Waals surface area (Å²) < 4.78 is 10.7. The first-order chi connectivity index (χ1) is 15.1. The van der Waals surface area contributed by atoms with Crippen LogP contribution >= 0.6 is 0 Å². The van der Waals surface area contributed by atoms with Crippen LogP contribution in [0.5, 0.6) is 0 Å². The highest BCUT2D eigenvalue weighted by Crippen LogP contribution is 2.36. The van der Waals surface area contributed by atoms with Crippen molar-refractivity contribution in [2.45, 2.75) is 78.2 Å². The molecule has 9 nitrogen and oxygen atoms in total. The number of nitrogens with zero attached hydrogens (tertiary/aromatic N) is 3. The van der Waals surface area contributed by atoms with Crippen molar-refractivity contribution < 1.29 is 19.1 Å². The van der Waals surface area contributed by atoms with E-state index in [2.05, 4.69) is 22.2 Å². The van der Waals surface area contributed by atoms with Crippen molar-refractivity contribution in [2.75, 3.05) is 30.4 Å². The molecule has 0 aromatic heterocycles. The largest absolute Gasteiger partial charge is 0.443 e. The Morgan fingerprint density at radius 3 is 2.03 bits per heavy atom. The van der Waals surface area contributed by atoms with Crippen LogP contribution in [0.2, 0.25) is 0 Å². The van der Waals surface area contributed by atoms with Gasteiger partial charge in [0.2, 0.25) is 5.96 Å². The van der Waals surface area contributed by atoms with Gasteiger partial charge in [-0.1, -0.05) is 0 Å². The maximum Gasteiger partial charge on any atom is 0.427 e. The molecule has 2 fully saturated rings. The molecule has 0 radical (unpaired) electrons. The molecule has 3 rings (SSSR count). The van der Waals surface area contributed by atoms with E-state index in [9.17, 15) is 9.59 Å². The summed E-state index contributed by atoms with van der Waals surface area (Å²) in [6, 6.07) is 6.91. The number of guanidine groups is 1.